The summed E-state index contributed by atoms with van der Waals surface area (Å²) in [6, 6.07) is 21.3. The fourth-order valence-electron chi connectivity index (χ4n) is 3.31. The molecule has 1 aliphatic heterocycles. The average Bonchev–Trinajstić information content (AvgIpc) is 2.93. The van der Waals surface area contributed by atoms with Crippen LogP contribution in [-0.2, 0) is 10.3 Å². The molecule has 1 atom stereocenters. The van der Waals surface area contributed by atoms with E-state index < -0.39 is 0 Å². The van der Waals surface area contributed by atoms with E-state index in [0.717, 1.165) is 19.4 Å². The molecular weight excluding hydrogens is 258 g/mol. The van der Waals surface area contributed by atoms with Gasteiger partial charge in [0.2, 0.25) is 0 Å². The van der Waals surface area contributed by atoms with Crippen molar-refractivity contribution >= 4 is 0 Å². The van der Waals surface area contributed by atoms with Crippen molar-refractivity contribution in [3.05, 3.63) is 71.8 Å². The summed E-state index contributed by atoms with van der Waals surface area (Å²) in [5, 5.41) is 0. The molecule has 0 spiro atoms. The Labute approximate surface area is 127 Å². The molecule has 0 aliphatic carbocycles. The van der Waals surface area contributed by atoms with E-state index in [1.807, 2.05) is 0 Å². The van der Waals surface area contributed by atoms with Crippen LogP contribution in [0.3, 0.4) is 0 Å². The molecule has 0 bridgehead atoms. The Morgan fingerprint density at radius 2 is 1.48 bits per heavy atom. The zero-order valence-corrected chi connectivity index (χ0v) is 12.8. The molecule has 1 unspecified atom stereocenters. The molecule has 0 radical (unpaired) electrons. The SMILES string of the molecule is CN(C)CC1CCC(c2ccccc2)(c2ccccc2)O1. The van der Waals surface area contributed by atoms with Crippen molar-refractivity contribution in [2.45, 2.75) is 24.5 Å². The van der Waals surface area contributed by atoms with Gasteiger partial charge in [-0.25, -0.2) is 0 Å². The maximum atomic E-state index is 6.59. The molecule has 1 aliphatic rings. The molecule has 110 valence electrons. The van der Waals surface area contributed by atoms with Crippen LogP contribution in [0.4, 0.5) is 0 Å². The van der Waals surface area contributed by atoms with E-state index in [4.69, 9.17) is 4.74 Å². The van der Waals surface area contributed by atoms with E-state index in [0.29, 0.717) is 6.10 Å². The average molecular weight is 281 g/mol. The maximum Gasteiger partial charge on any atom is 0.119 e. The fourth-order valence-corrected chi connectivity index (χ4v) is 3.31. The second kappa shape index (κ2) is 6.00. The van der Waals surface area contributed by atoms with Crippen molar-refractivity contribution in [1.29, 1.82) is 0 Å². The molecule has 0 N–H and O–H groups in total. The van der Waals surface area contributed by atoms with Gasteiger partial charge in [-0.15, -0.1) is 0 Å². The van der Waals surface area contributed by atoms with Crippen molar-refractivity contribution in [1.82, 2.24) is 4.90 Å². The molecule has 1 fully saturated rings. The van der Waals surface area contributed by atoms with Crippen LogP contribution >= 0.6 is 0 Å². The Kier molecular flexibility index (Phi) is 4.09. The fraction of sp³-hybridized carbons (Fsp3) is 0.368. The van der Waals surface area contributed by atoms with Gasteiger partial charge < -0.3 is 9.64 Å². The van der Waals surface area contributed by atoms with E-state index in [1.165, 1.54) is 11.1 Å². The lowest BCUT2D eigenvalue weighted by atomic mass is 9.84. The third-order valence-corrected chi connectivity index (χ3v) is 4.24. The number of nitrogens with zero attached hydrogens (tertiary/aromatic N) is 1. The molecule has 0 amide bonds. The van der Waals surface area contributed by atoms with Crippen LogP contribution in [0, 0.1) is 0 Å². The van der Waals surface area contributed by atoms with Gasteiger partial charge in [-0.3, -0.25) is 0 Å². The minimum atomic E-state index is -0.288. The molecule has 2 heteroatoms. The zero-order chi connectivity index (χ0) is 14.7. The summed E-state index contributed by atoms with van der Waals surface area (Å²) in [7, 11) is 4.21. The van der Waals surface area contributed by atoms with Crippen molar-refractivity contribution in [2.75, 3.05) is 20.6 Å². The molecule has 2 nitrogen and oxygen atoms in total. The molecule has 1 saturated heterocycles. The first-order chi connectivity index (χ1) is 10.2. The van der Waals surface area contributed by atoms with Gasteiger partial charge in [0.15, 0.2) is 0 Å². The van der Waals surface area contributed by atoms with Gasteiger partial charge >= 0.3 is 0 Å². The number of rotatable bonds is 4. The van der Waals surface area contributed by atoms with E-state index in [2.05, 4.69) is 79.7 Å². The van der Waals surface area contributed by atoms with E-state index >= 15 is 0 Å². The van der Waals surface area contributed by atoms with Crippen molar-refractivity contribution in [3.8, 4) is 0 Å². The van der Waals surface area contributed by atoms with Crippen LogP contribution in [0.25, 0.3) is 0 Å². The van der Waals surface area contributed by atoms with Crippen LogP contribution < -0.4 is 0 Å². The highest BCUT2D eigenvalue weighted by Gasteiger charge is 2.43. The standard InChI is InChI=1S/C19H23NO/c1-20(2)15-18-13-14-19(21-18,16-9-5-3-6-10-16)17-11-7-4-8-12-17/h3-12,18H,13-15H2,1-2H3. The summed E-state index contributed by atoms with van der Waals surface area (Å²) in [6.07, 6.45) is 2.43. The molecule has 21 heavy (non-hydrogen) atoms. The summed E-state index contributed by atoms with van der Waals surface area (Å²) >= 11 is 0. The first kappa shape index (κ1) is 14.3. The lowest BCUT2D eigenvalue weighted by Crippen LogP contribution is -2.31. The quantitative estimate of drug-likeness (QED) is 0.848. The Morgan fingerprint density at radius 3 is 1.95 bits per heavy atom. The Hall–Kier alpha value is -1.64. The zero-order valence-electron chi connectivity index (χ0n) is 12.8. The van der Waals surface area contributed by atoms with Crippen molar-refractivity contribution in [3.63, 3.8) is 0 Å². The van der Waals surface area contributed by atoms with Gasteiger partial charge in [-0.05, 0) is 38.1 Å². The smallest absolute Gasteiger partial charge is 0.119 e. The minimum Gasteiger partial charge on any atom is -0.361 e. The number of benzene rings is 2. The number of hydrogen-bond donors (Lipinski definition) is 0. The third-order valence-electron chi connectivity index (χ3n) is 4.24. The van der Waals surface area contributed by atoms with Gasteiger partial charge in [-0.2, -0.15) is 0 Å². The topological polar surface area (TPSA) is 12.5 Å². The van der Waals surface area contributed by atoms with E-state index in [1.54, 1.807) is 0 Å². The largest absolute Gasteiger partial charge is 0.361 e. The Balaban J connectivity index is 1.98. The van der Waals surface area contributed by atoms with Gasteiger partial charge in [0, 0.05) is 6.54 Å². The van der Waals surface area contributed by atoms with E-state index in [-0.39, 0.29) is 5.60 Å². The maximum absolute atomic E-state index is 6.59. The highest BCUT2D eigenvalue weighted by Crippen LogP contribution is 2.44. The van der Waals surface area contributed by atoms with Crippen LogP contribution in [0.2, 0.25) is 0 Å². The Bertz CT molecular complexity index is 525. The van der Waals surface area contributed by atoms with Crippen molar-refractivity contribution < 1.29 is 4.74 Å². The first-order valence-electron chi connectivity index (χ1n) is 7.64. The molecule has 3 rings (SSSR count). The van der Waals surface area contributed by atoms with E-state index in [9.17, 15) is 0 Å². The second-order valence-electron chi connectivity index (χ2n) is 6.10. The lowest BCUT2D eigenvalue weighted by Gasteiger charge is -2.31. The number of ether oxygens (including phenoxy) is 1. The minimum absolute atomic E-state index is 0.288. The van der Waals surface area contributed by atoms with Crippen LogP contribution in [0.15, 0.2) is 60.7 Å². The lowest BCUT2D eigenvalue weighted by molar-refractivity contribution is -0.0251. The molecule has 2 aromatic rings. The summed E-state index contributed by atoms with van der Waals surface area (Å²) in [5.41, 5.74) is 2.23. The number of likely N-dealkylation sites (N-methyl/N-ethyl adjacent to an activating group) is 1. The summed E-state index contributed by atoms with van der Waals surface area (Å²) < 4.78 is 6.59. The molecule has 1 heterocycles. The molecular formula is C19H23NO. The normalized spacial score (nSPS) is 20.8. The summed E-state index contributed by atoms with van der Waals surface area (Å²) in [4.78, 5) is 2.21. The molecule has 0 aromatic heterocycles. The van der Waals surface area contributed by atoms with Gasteiger partial charge in [0.1, 0.15) is 5.60 Å². The van der Waals surface area contributed by atoms with Gasteiger partial charge in [0.05, 0.1) is 6.10 Å². The molecule has 2 aromatic carbocycles. The molecule has 0 saturated carbocycles. The highest BCUT2D eigenvalue weighted by molar-refractivity contribution is 5.37. The first-order valence-corrected chi connectivity index (χ1v) is 7.64. The highest BCUT2D eigenvalue weighted by atomic mass is 16.5. The summed E-state index contributed by atoms with van der Waals surface area (Å²) in [6.45, 7) is 0.974. The van der Waals surface area contributed by atoms with Crippen molar-refractivity contribution in [2.24, 2.45) is 0 Å². The predicted octanol–water partition coefficient (Wildman–Crippen LogP) is 3.67. The predicted molar refractivity (Wildman–Crippen MR) is 86.3 cm³/mol. The van der Waals surface area contributed by atoms with Crippen LogP contribution in [0.1, 0.15) is 24.0 Å². The monoisotopic (exact) mass is 281 g/mol. The Morgan fingerprint density at radius 1 is 0.952 bits per heavy atom. The summed E-state index contributed by atoms with van der Waals surface area (Å²) in [5.74, 6) is 0. The third kappa shape index (κ3) is 2.87. The van der Waals surface area contributed by atoms with Crippen LogP contribution in [-0.4, -0.2) is 31.6 Å². The second-order valence-corrected chi connectivity index (χ2v) is 6.10. The van der Waals surface area contributed by atoms with Crippen LogP contribution in [0.5, 0.6) is 0 Å². The van der Waals surface area contributed by atoms with Gasteiger partial charge in [-0.1, -0.05) is 60.7 Å². The number of hydrogen-bond acceptors (Lipinski definition) is 2. The van der Waals surface area contributed by atoms with Gasteiger partial charge in [0.25, 0.3) is 0 Å².